The van der Waals surface area contributed by atoms with Gasteiger partial charge in [-0.1, -0.05) is 13.8 Å². The highest BCUT2D eigenvalue weighted by atomic mass is 16.5. The molecule has 0 N–H and O–H groups in total. The van der Waals surface area contributed by atoms with Gasteiger partial charge in [-0.3, -0.25) is 9.69 Å². The van der Waals surface area contributed by atoms with Crippen molar-refractivity contribution < 1.29 is 19.1 Å². The summed E-state index contributed by atoms with van der Waals surface area (Å²) in [7, 11) is 0. The van der Waals surface area contributed by atoms with Gasteiger partial charge in [-0.25, -0.2) is 14.8 Å². The number of aromatic nitrogens is 2. The molecule has 30 heavy (non-hydrogen) atoms. The fraction of sp³-hybridized carbons (Fsp3) is 0.714. The van der Waals surface area contributed by atoms with Crippen molar-refractivity contribution in [2.75, 3.05) is 57.5 Å². The summed E-state index contributed by atoms with van der Waals surface area (Å²) in [6.07, 6.45) is 4.61. The Bertz CT molecular complexity index is 743. The number of amides is 3. The fourth-order valence-electron chi connectivity index (χ4n) is 4.61. The van der Waals surface area contributed by atoms with Crippen molar-refractivity contribution in [3.05, 3.63) is 18.5 Å². The molecule has 0 saturated carbocycles. The van der Waals surface area contributed by atoms with Gasteiger partial charge < -0.3 is 19.3 Å². The first-order valence-corrected chi connectivity index (χ1v) is 10.8. The number of piperidine rings is 1. The Morgan fingerprint density at radius 1 is 1.10 bits per heavy atom. The molecule has 3 fully saturated rings. The summed E-state index contributed by atoms with van der Waals surface area (Å²) in [5, 5.41) is 0. The van der Waals surface area contributed by atoms with Crippen molar-refractivity contribution in [3.63, 3.8) is 0 Å². The standard InChI is InChI=1S/C21H31N5O4/c1-16(2)12-26-20(28)25(13-17-14-29-10-11-30-15-17)18(27)21(26)4-8-24(9-5-21)19-22-6-3-7-23-19/h3,6-7,16-17H,4-5,8-15H2,1-2H3. The van der Waals surface area contributed by atoms with E-state index in [9.17, 15) is 9.59 Å². The van der Waals surface area contributed by atoms with Crippen LogP contribution in [0.15, 0.2) is 18.5 Å². The molecule has 1 aromatic heterocycles. The van der Waals surface area contributed by atoms with Crippen LogP contribution in [0.5, 0.6) is 0 Å². The van der Waals surface area contributed by atoms with E-state index < -0.39 is 5.54 Å². The Labute approximate surface area is 177 Å². The number of rotatable bonds is 5. The smallest absolute Gasteiger partial charge is 0.327 e. The number of carbonyl (C=O) groups is 2. The molecule has 1 aromatic rings. The maximum atomic E-state index is 13.6. The zero-order valence-electron chi connectivity index (χ0n) is 17.8. The second kappa shape index (κ2) is 8.85. The van der Waals surface area contributed by atoms with Gasteiger partial charge in [-0.05, 0) is 24.8 Å². The van der Waals surface area contributed by atoms with E-state index in [1.165, 1.54) is 4.90 Å². The molecule has 0 atom stereocenters. The van der Waals surface area contributed by atoms with Crippen LogP contribution in [0.3, 0.4) is 0 Å². The molecule has 0 radical (unpaired) electrons. The lowest BCUT2D eigenvalue weighted by molar-refractivity contribution is -0.135. The molecule has 3 saturated heterocycles. The topological polar surface area (TPSA) is 88.1 Å². The summed E-state index contributed by atoms with van der Waals surface area (Å²) in [5.41, 5.74) is -0.779. The second-order valence-corrected chi connectivity index (χ2v) is 8.79. The molecule has 9 heteroatoms. The van der Waals surface area contributed by atoms with Crippen molar-refractivity contribution in [2.45, 2.75) is 32.2 Å². The monoisotopic (exact) mass is 417 g/mol. The quantitative estimate of drug-likeness (QED) is 0.669. The van der Waals surface area contributed by atoms with Gasteiger partial charge in [0.1, 0.15) is 5.54 Å². The normalized spacial score (nSPS) is 23.0. The summed E-state index contributed by atoms with van der Waals surface area (Å²) < 4.78 is 11.1. The van der Waals surface area contributed by atoms with Crippen molar-refractivity contribution in [1.82, 2.24) is 19.8 Å². The predicted molar refractivity (Wildman–Crippen MR) is 110 cm³/mol. The van der Waals surface area contributed by atoms with Crippen LogP contribution in [-0.4, -0.2) is 89.9 Å². The fourth-order valence-corrected chi connectivity index (χ4v) is 4.61. The van der Waals surface area contributed by atoms with E-state index in [0.717, 1.165) is 0 Å². The number of ether oxygens (including phenoxy) is 2. The van der Waals surface area contributed by atoms with Gasteiger partial charge in [0.05, 0.1) is 26.4 Å². The molecule has 164 valence electrons. The molecular formula is C21H31N5O4. The van der Waals surface area contributed by atoms with Crippen LogP contribution >= 0.6 is 0 Å². The van der Waals surface area contributed by atoms with E-state index in [1.54, 1.807) is 18.5 Å². The maximum Gasteiger partial charge on any atom is 0.327 e. The molecule has 1 spiro atoms. The second-order valence-electron chi connectivity index (χ2n) is 8.79. The minimum atomic E-state index is -0.779. The molecule has 0 aromatic carbocycles. The molecule has 3 aliphatic heterocycles. The third-order valence-corrected chi connectivity index (χ3v) is 6.11. The van der Waals surface area contributed by atoms with Crippen molar-refractivity contribution in [1.29, 1.82) is 0 Å². The first kappa shape index (κ1) is 21.0. The van der Waals surface area contributed by atoms with E-state index in [2.05, 4.69) is 28.7 Å². The Kier molecular flexibility index (Phi) is 6.19. The highest BCUT2D eigenvalue weighted by Crippen LogP contribution is 2.38. The number of nitrogens with zero attached hydrogens (tertiary/aromatic N) is 5. The van der Waals surface area contributed by atoms with E-state index in [1.807, 2.05) is 4.90 Å². The number of imide groups is 1. The molecule has 0 unspecified atom stereocenters. The molecule has 3 amide bonds. The summed E-state index contributed by atoms with van der Waals surface area (Å²) in [5.74, 6) is 0.878. The first-order valence-electron chi connectivity index (χ1n) is 10.8. The third kappa shape index (κ3) is 4.00. The molecule has 3 aliphatic rings. The SMILES string of the molecule is CC(C)CN1C(=O)N(CC2COCCOC2)C(=O)C12CCN(c1ncccn1)CC2. The van der Waals surface area contributed by atoms with Crippen molar-refractivity contribution >= 4 is 17.9 Å². The number of hydrogen-bond donors (Lipinski definition) is 0. The lowest BCUT2D eigenvalue weighted by atomic mass is 9.85. The van der Waals surface area contributed by atoms with Gasteiger partial charge in [-0.2, -0.15) is 0 Å². The van der Waals surface area contributed by atoms with E-state index >= 15 is 0 Å². The average molecular weight is 418 g/mol. The Morgan fingerprint density at radius 2 is 1.73 bits per heavy atom. The zero-order chi connectivity index (χ0) is 21.1. The summed E-state index contributed by atoms with van der Waals surface area (Å²) >= 11 is 0. The Morgan fingerprint density at radius 3 is 2.33 bits per heavy atom. The number of anilines is 1. The Balaban J connectivity index is 1.53. The average Bonchev–Trinajstić information content (AvgIpc) is 2.96. The van der Waals surface area contributed by atoms with Crippen LogP contribution < -0.4 is 4.90 Å². The molecular weight excluding hydrogens is 386 g/mol. The van der Waals surface area contributed by atoms with Gasteiger partial charge >= 0.3 is 6.03 Å². The van der Waals surface area contributed by atoms with Crippen LogP contribution in [0.25, 0.3) is 0 Å². The lowest BCUT2D eigenvalue weighted by Crippen LogP contribution is -2.57. The molecule has 4 rings (SSSR count). The van der Waals surface area contributed by atoms with Crippen LogP contribution in [-0.2, 0) is 14.3 Å². The molecule has 9 nitrogen and oxygen atoms in total. The van der Waals surface area contributed by atoms with Gasteiger partial charge in [0.15, 0.2) is 0 Å². The number of hydrogen-bond acceptors (Lipinski definition) is 7. The first-order chi connectivity index (χ1) is 14.5. The lowest BCUT2D eigenvalue weighted by Gasteiger charge is -2.42. The minimum Gasteiger partial charge on any atom is -0.379 e. The van der Waals surface area contributed by atoms with Gasteiger partial charge in [-0.15, -0.1) is 0 Å². The van der Waals surface area contributed by atoms with Crippen LogP contribution in [0.2, 0.25) is 0 Å². The summed E-state index contributed by atoms with van der Waals surface area (Å²) in [6.45, 7) is 8.48. The van der Waals surface area contributed by atoms with Crippen molar-refractivity contribution in [3.8, 4) is 0 Å². The van der Waals surface area contributed by atoms with Crippen molar-refractivity contribution in [2.24, 2.45) is 11.8 Å². The molecule has 4 heterocycles. The third-order valence-electron chi connectivity index (χ3n) is 6.11. The molecule has 0 bridgehead atoms. The summed E-state index contributed by atoms with van der Waals surface area (Å²) in [6, 6.07) is 1.61. The van der Waals surface area contributed by atoms with E-state index in [-0.39, 0.29) is 23.8 Å². The Hall–Kier alpha value is -2.26. The van der Waals surface area contributed by atoms with Gasteiger partial charge in [0.25, 0.3) is 5.91 Å². The van der Waals surface area contributed by atoms with Crippen LogP contribution in [0.4, 0.5) is 10.7 Å². The minimum absolute atomic E-state index is 0.00857. The number of urea groups is 1. The van der Waals surface area contributed by atoms with E-state index in [4.69, 9.17) is 9.47 Å². The zero-order valence-corrected chi connectivity index (χ0v) is 17.8. The van der Waals surface area contributed by atoms with E-state index in [0.29, 0.717) is 71.4 Å². The van der Waals surface area contributed by atoms with Gasteiger partial charge in [0, 0.05) is 44.5 Å². The highest BCUT2D eigenvalue weighted by molar-refractivity contribution is 6.07. The summed E-state index contributed by atoms with van der Waals surface area (Å²) in [4.78, 5) is 41.0. The largest absolute Gasteiger partial charge is 0.379 e. The number of carbonyl (C=O) groups excluding carboxylic acids is 2. The predicted octanol–water partition coefficient (Wildman–Crippen LogP) is 1.40. The van der Waals surface area contributed by atoms with Gasteiger partial charge in [0.2, 0.25) is 5.95 Å². The maximum absolute atomic E-state index is 13.6. The van der Waals surface area contributed by atoms with Crippen LogP contribution in [0, 0.1) is 11.8 Å². The van der Waals surface area contributed by atoms with Crippen LogP contribution in [0.1, 0.15) is 26.7 Å². The highest BCUT2D eigenvalue weighted by Gasteiger charge is 2.58. The molecule has 0 aliphatic carbocycles.